The van der Waals surface area contributed by atoms with E-state index in [-0.39, 0.29) is 0 Å². The van der Waals surface area contributed by atoms with Crippen molar-refractivity contribution in [1.82, 2.24) is 15.3 Å². The Morgan fingerprint density at radius 1 is 0.913 bits per heavy atom. The molecule has 0 radical (unpaired) electrons. The van der Waals surface area contributed by atoms with Gasteiger partial charge in [-0.1, -0.05) is 0 Å². The summed E-state index contributed by atoms with van der Waals surface area (Å²) in [6.45, 7) is 9.47. The first kappa shape index (κ1) is 16.2. The Kier molecular flexibility index (Phi) is 5.85. The zero-order valence-corrected chi connectivity index (χ0v) is 13.7. The maximum atomic E-state index is 8.51. The predicted molar refractivity (Wildman–Crippen MR) is 93.8 cm³/mol. The number of likely N-dealkylation sites (tertiary alicyclic amines) is 1. The zero-order chi connectivity index (χ0) is 15.9. The van der Waals surface area contributed by atoms with Gasteiger partial charge in [0.15, 0.2) is 0 Å². The molecule has 0 bridgehead atoms. The van der Waals surface area contributed by atoms with Gasteiger partial charge in [0, 0.05) is 45.0 Å². The van der Waals surface area contributed by atoms with Gasteiger partial charge >= 0.3 is 0 Å². The maximum Gasteiger partial charge on any atom is 0.113 e. The van der Waals surface area contributed by atoms with Crippen LogP contribution in [0.2, 0.25) is 0 Å². The molecule has 2 saturated heterocycles. The lowest BCUT2D eigenvalue weighted by Crippen LogP contribution is -2.48. The highest BCUT2D eigenvalue weighted by molar-refractivity contribution is 5.61. The molecule has 1 aromatic carbocycles. The Morgan fingerprint density at radius 2 is 1.52 bits per heavy atom. The van der Waals surface area contributed by atoms with Gasteiger partial charge < -0.3 is 9.80 Å². The highest BCUT2D eigenvalue weighted by Gasteiger charge is 2.18. The van der Waals surface area contributed by atoms with E-state index in [1.807, 2.05) is 17.6 Å². The summed E-state index contributed by atoms with van der Waals surface area (Å²) in [7, 11) is 0. The van der Waals surface area contributed by atoms with Crippen molar-refractivity contribution in [2.45, 2.75) is 12.8 Å². The molecule has 2 fully saturated rings. The van der Waals surface area contributed by atoms with Crippen molar-refractivity contribution < 1.29 is 5.21 Å². The van der Waals surface area contributed by atoms with Gasteiger partial charge in [0.05, 0.1) is 5.69 Å². The Hall–Kier alpha value is -1.63. The Balaban J connectivity index is 1.43. The molecule has 6 nitrogen and oxygen atoms in total. The van der Waals surface area contributed by atoms with Crippen LogP contribution < -0.4 is 10.4 Å². The number of anilines is 1. The number of piperazine rings is 1. The molecule has 126 valence electrons. The monoisotopic (exact) mass is 317 g/mol. The van der Waals surface area contributed by atoms with E-state index in [9.17, 15) is 0 Å². The van der Waals surface area contributed by atoms with Crippen LogP contribution in [0.15, 0.2) is 29.3 Å². The number of aliphatic imine (C=N–C) groups is 1. The van der Waals surface area contributed by atoms with E-state index in [0.717, 1.165) is 31.9 Å². The Morgan fingerprint density at radius 3 is 2.13 bits per heavy atom. The molecule has 6 heteroatoms. The predicted octanol–water partition coefficient (Wildman–Crippen LogP) is 1.54. The highest BCUT2D eigenvalue weighted by atomic mass is 16.5. The van der Waals surface area contributed by atoms with Crippen LogP contribution in [0.5, 0.6) is 0 Å². The molecule has 2 heterocycles. The van der Waals surface area contributed by atoms with Crippen molar-refractivity contribution >= 4 is 17.7 Å². The summed E-state index contributed by atoms with van der Waals surface area (Å²) >= 11 is 0. The first-order valence-electron chi connectivity index (χ1n) is 8.57. The van der Waals surface area contributed by atoms with E-state index in [2.05, 4.69) is 31.8 Å². The summed E-state index contributed by atoms with van der Waals surface area (Å²) in [5.74, 6) is 0. The first-order chi connectivity index (χ1) is 11.3. The average Bonchev–Trinajstić information content (AvgIpc) is 3.13. The minimum Gasteiger partial charge on any atom is -0.369 e. The fourth-order valence-corrected chi connectivity index (χ4v) is 3.37. The quantitative estimate of drug-likeness (QED) is 0.474. The van der Waals surface area contributed by atoms with Gasteiger partial charge in [-0.05, 0) is 50.2 Å². The van der Waals surface area contributed by atoms with Crippen molar-refractivity contribution in [1.29, 1.82) is 0 Å². The number of benzene rings is 1. The highest BCUT2D eigenvalue weighted by Crippen LogP contribution is 2.20. The van der Waals surface area contributed by atoms with Gasteiger partial charge in [0.2, 0.25) is 0 Å². The standard InChI is InChI=1S/C17H27N5O/c23-19-15-18-16-3-5-17(6-4-16)22-13-11-21(12-14-22)10-9-20-7-1-2-8-20/h3-6,15,23H,1-2,7-14H2,(H,18,19). The Labute approximate surface area is 138 Å². The fraction of sp³-hybridized carbons (Fsp3) is 0.588. The van der Waals surface area contributed by atoms with E-state index in [1.54, 1.807) is 0 Å². The fourth-order valence-electron chi connectivity index (χ4n) is 3.37. The van der Waals surface area contributed by atoms with Crippen molar-refractivity contribution in [3.05, 3.63) is 24.3 Å². The van der Waals surface area contributed by atoms with Crippen LogP contribution in [-0.2, 0) is 0 Å². The van der Waals surface area contributed by atoms with E-state index >= 15 is 0 Å². The van der Waals surface area contributed by atoms with Crippen molar-refractivity contribution in [2.75, 3.05) is 57.3 Å². The van der Waals surface area contributed by atoms with Crippen molar-refractivity contribution in [3.63, 3.8) is 0 Å². The molecule has 2 aliphatic heterocycles. The van der Waals surface area contributed by atoms with Gasteiger partial charge in [-0.2, -0.15) is 0 Å². The maximum absolute atomic E-state index is 8.51. The SMILES string of the molecule is ONC=Nc1ccc(N2CCN(CCN3CCCC3)CC2)cc1. The van der Waals surface area contributed by atoms with Crippen LogP contribution >= 0.6 is 0 Å². The molecule has 0 atom stereocenters. The van der Waals surface area contributed by atoms with Crippen LogP contribution in [0.25, 0.3) is 0 Å². The molecule has 1 aromatic rings. The minimum absolute atomic E-state index is 0.833. The first-order valence-corrected chi connectivity index (χ1v) is 8.57. The van der Waals surface area contributed by atoms with Gasteiger partial charge in [-0.25, -0.2) is 4.99 Å². The number of rotatable bonds is 6. The number of hydroxylamine groups is 1. The van der Waals surface area contributed by atoms with Crippen molar-refractivity contribution in [2.24, 2.45) is 4.99 Å². The lowest BCUT2D eigenvalue weighted by molar-refractivity contribution is 0.215. The second-order valence-electron chi connectivity index (χ2n) is 6.28. The average molecular weight is 317 g/mol. The van der Waals surface area contributed by atoms with Gasteiger partial charge in [-0.15, -0.1) is 0 Å². The third kappa shape index (κ3) is 4.67. The van der Waals surface area contributed by atoms with Gasteiger partial charge in [0.25, 0.3) is 0 Å². The molecule has 0 aliphatic carbocycles. The molecule has 2 aliphatic rings. The topological polar surface area (TPSA) is 54.3 Å². The zero-order valence-electron chi connectivity index (χ0n) is 13.7. The molecule has 2 N–H and O–H groups in total. The molecule has 0 spiro atoms. The van der Waals surface area contributed by atoms with Crippen LogP contribution in [0.3, 0.4) is 0 Å². The molecule has 0 saturated carbocycles. The molecule has 0 unspecified atom stereocenters. The van der Waals surface area contributed by atoms with E-state index in [0.29, 0.717) is 0 Å². The third-order valence-electron chi connectivity index (χ3n) is 4.79. The summed E-state index contributed by atoms with van der Waals surface area (Å²) in [5, 5.41) is 8.51. The summed E-state index contributed by atoms with van der Waals surface area (Å²) in [6, 6.07) is 8.15. The normalized spacial score (nSPS) is 20.5. The van der Waals surface area contributed by atoms with Gasteiger partial charge in [0.1, 0.15) is 6.34 Å². The molecular weight excluding hydrogens is 290 g/mol. The lowest BCUT2D eigenvalue weighted by atomic mass is 10.2. The van der Waals surface area contributed by atoms with E-state index in [1.165, 1.54) is 51.0 Å². The smallest absolute Gasteiger partial charge is 0.113 e. The molecular formula is C17H27N5O. The van der Waals surface area contributed by atoms with Crippen LogP contribution in [0.4, 0.5) is 11.4 Å². The van der Waals surface area contributed by atoms with Gasteiger partial charge in [-0.3, -0.25) is 15.6 Å². The largest absolute Gasteiger partial charge is 0.369 e. The van der Waals surface area contributed by atoms with Crippen LogP contribution in [0.1, 0.15) is 12.8 Å². The minimum atomic E-state index is 0.833. The number of hydrogen-bond donors (Lipinski definition) is 2. The third-order valence-corrected chi connectivity index (χ3v) is 4.79. The van der Waals surface area contributed by atoms with Crippen LogP contribution in [-0.4, -0.2) is 73.7 Å². The number of nitrogens with zero attached hydrogens (tertiary/aromatic N) is 4. The summed E-state index contributed by atoms with van der Waals surface area (Å²) in [6.07, 6.45) is 4.03. The molecule has 0 amide bonds. The summed E-state index contributed by atoms with van der Waals surface area (Å²) < 4.78 is 0. The van der Waals surface area contributed by atoms with E-state index < -0.39 is 0 Å². The second kappa shape index (κ2) is 8.29. The summed E-state index contributed by atoms with van der Waals surface area (Å²) in [5.41, 5.74) is 4.00. The second-order valence-corrected chi connectivity index (χ2v) is 6.28. The number of hydrogen-bond acceptors (Lipinski definition) is 5. The Bertz CT molecular complexity index is 490. The molecule has 0 aromatic heterocycles. The molecule has 23 heavy (non-hydrogen) atoms. The lowest BCUT2D eigenvalue weighted by Gasteiger charge is -2.36. The van der Waals surface area contributed by atoms with Crippen molar-refractivity contribution in [3.8, 4) is 0 Å². The molecule has 3 rings (SSSR count). The van der Waals surface area contributed by atoms with E-state index in [4.69, 9.17) is 5.21 Å². The van der Waals surface area contributed by atoms with Crippen LogP contribution in [0, 0.1) is 0 Å². The summed E-state index contributed by atoms with van der Waals surface area (Å²) in [4.78, 5) is 11.7. The number of nitrogens with one attached hydrogen (secondary N) is 1.